The number of fused-ring (bicyclic) bond motifs is 1. The summed E-state index contributed by atoms with van der Waals surface area (Å²) in [6, 6.07) is 17.3. The molecule has 0 radical (unpaired) electrons. The minimum absolute atomic E-state index is 0.0154. The molecule has 9 nitrogen and oxygen atoms in total. The standard InChI is InChI=1S/C25H25N7O2/c1-18-6-5-7-19(14-18)15-27-30-23-22-24(29-25(28-23)31-10-12-34-13-11-31)32(17-26-22)16-21(33)20-8-3-2-4-9-20/h2-9,14-15,17H,10-13,16H2,1H3,(H,28,29,30)/b27-15+. The third-order valence-corrected chi connectivity index (χ3v) is 5.58. The van der Waals surface area contributed by atoms with E-state index in [1.165, 1.54) is 0 Å². The smallest absolute Gasteiger partial charge is 0.229 e. The molecule has 1 aliphatic rings. The van der Waals surface area contributed by atoms with Crippen LogP contribution in [0.3, 0.4) is 0 Å². The zero-order valence-electron chi connectivity index (χ0n) is 18.9. The molecular formula is C25H25N7O2. The van der Waals surface area contributed by atoms with Gasteiger partial charge in [-0.3, -0.25) is 10.2 Å². The number of imidazole rings is 1. The highest BCUT2D eigenvalue weighted by atomic mass is 16.5. The maximum Gasteiger partial charge on any atom is 0.229 e. The van der Waals surface area contributed by atoms with Crippen LogP contribution in [-0.2, 0) is 11.3 Å². The number of benzene rings is 2. The lowest BCUT2D eigenvalue weighted by atomic mass is 10.1. The molecule has 0 unspecified atom stereocenters. The van der Waals surface area contributed by atoms with Gasteiger partial charge in [-0.1, -0.05) is 60.2 Å². The average Bonchev–Trinajstić information content (AvgIpc) is 3.28. The van der Waals surface area contributed by atoms with Crippen molar-refractivity contribution in [2.45, 2.75) is 13.5 Å². The molecule has 1 saturated heterocycles. The van der Waals surface area contributed by atoms with Gasteiger partial charge < -0.3 is 14.2 Å². The second-order valence-electron chi connectivity index (χ2n) is 8.09. The number of ketones is 1. The number of carbonyl (C=O) groups is 1. The fraction of sp³-hybridized carbons (Fsp3) is 0.240. The molecule has 0 saturated carbocycles. The third-order valence-electron chi connectivity index (χ3n) is 5.58. The number of rotatable bonds is 7. The Kier molecular flexibility index (Phi) is 6.26. The highest BCUT2D eigenvalue weighted by molar-refractivity contribution is 5.97. The number of aryl methyl sites for hydroxylation is 1. The molecule has 1 aliphatic heterocycles. The Morgan fingerprint density at radius 1 is 1.12 bits per heavy atom. The van der Waals surface area contributed by atoms with E-state index in [0.717, 1.165) is 11.1 Å². The van der Waals surface area contributed by atoms with Crippen molar-refractivity contribution in [3.05, 3.63) is 77.6 Å². The number of hydrogen-bond acceptors (Lipinski definition) is 8. The zero-order chi connectivity index (χ0) is 23.3. The van der Waals surface area contributed by atoms with Crippen LogP contribution in [0.5, 0.6) is 0 Å². The lowest BCUT2D eigenvalue weighted by Gasteiger charge is -2.27. The van der Waals surface area contributed by atoms with Gasteiger partial charge in [-0.05, 0) is 12.5 Å². The van der Waals surface area contributed by atoms with Crippen LogP contribution in [0, 0.1) is 6.92 Å². The van der Waals surface area contributed by atoms with Crippen LogP contribution in [0.4, 0.5) is 11.8 Å². The fourth-order valence-electron chi connectivity index (χ4n) is 3.82. The number of anilines is 2. The third kappa shape index (κ3) is 4.79. The Hall–Kier alpha value is -4.11. The van der Waals surface area contributed by atoms with E-state index in [1.54, 1.807) is 17.1 Å². The lowest BCUT2D eigenvalue weighted by molar-refractivity contribution is 0.0973. The average molecular weight is 456 g/mol. The van der Waals surface area contributed by atoms with Gasteiger partial charge in [0.25, 0.3) is 0 Å². The molecule has 2 aromatic heterocycles. The van der Waals surface area contributed by atoms with E-state index in [-0.39, 0.29) is 12.3 Å². The van der Waals surface area contributed by atoms with Crippen molar-refractivity contribution in [3.8, 4) is 0 Å². The molecule has 4 aromatic rings. The summed E-state index contributed by atoms with van der Waals surface area (Å²) in [7, 11) is 0. The van der Waals surface area contributed by atoms with E-state index in [4.69, 9.17) is 14.7 Å². The normalized spacial score (nSPS) is 14.1. The summed E-state index contributed by atoms with van der Waals surface area (Å²) in [5.41, 5.74) is 6.95. The van der Waals surface area contributed by atoms with Crippen LogP contribution >= 0.6 is 0 Å². The number of carbonyl (C=O) groups excluding carboxylic acids is 1. The molecule has 1 fully saturated rings. The quantitative estimate of drug-likeness (QED) is 0.259. The minimum atomic E-state index is -0.0154. The van der Waals surface area contributed by atoms with E-state index in [2.05, 4.69) is 20.4 Å². The summed E-state index contributed by atoms with van der Waals surface area (Å²) in [4.78, 5) is 28.8. The second-order valence-corrected chi connectivity index (χ2v) is 8.09. The van der Waals surface area contributed by atoms with Crippen LogP contribution in [-0.4, -0.2) is 57.8 Å². The van der Waals surface area contributed by atoms with Crippen LogP contribution in [0.1, 0.15) is 21.5 Å². The van der Waals surface area contributed by atoms with Crippen molar-refractivity contribution in [2.75, 3.05) is 36.6 Å². The van der Waals surface area contributed by atoms with Crippen molar-refractivity contribution >= 4 is 34.9 Å². The summed E-state index contributed by atoms with van der Waals surface area (Å²) < 4.78 is 7.23. The van der Waals surface area contributed by atoms with Crippen LogP contribution < -0.4 is 10.3 Å². The van der Waals surface area contributed by atoms with Gasteiger partial charge in [-0.2, -0.15) is 15.1 Å². The van der Waals surface area contributed by atoms with Crippen molar-refractivity contribution in [3.63, 3.8) is 0 Å². The molecule has 172 valence electrons. The van der Waals surface area contributed by atoms with Gasteiger partial charge in [-0.25, -0.2) is 4.98 Å². The fourth-order valence-corrected chi connectivity index (χ4v) is 3.82. The second kappa shape index (κ2) is 9.80. The van der Waals surface area contributed by atoms with Crippen molar-refractivity contribution in [1.29, 1.82) is 0 Å². The largest absolute Gasteiger partial charge is 0.378 e. The topological polar surface area (TPSA) is 97.5 Å². The Labute approximate surface area is 197 Å². The van der Waals surface area contributed by atoms with Gasteiger partial charge in [0.15, 0.2) is 22.8 Å². The van der Waals surface area contributed by atoms with Gasteiger partial charge >= 0.3 is 0 Å². The highest BCUT2D eigenvalue weighted by Gasteiger charge is 2.20. The van der Waals surface area contributed by atoms with Gasteiger partial charge in [0, 0.05) is 18.7 Å². The van der Waals surface area contributed by atoms with Crippen LogP contribution in [0.2, 0.25) is 0 Å². The van der Waals surface area contributed by atoms with Gasteiger partial charge in [0.2, 0.25) is 5.95 Å². The van der Waals surface area contributed by atoms with Gasteiger partial charge in [0.1, 0.15) is 0 Å². The minimum Gasteiger partial charge on any atom is -0.378 e. The first kappa shape index (κ1) is 21.7. The van der Waals surface area contributed by atoms with E-state index < -0.39 is 0 Å². The van der Waals surface area contributed by atoms with E-state index in [9.17, 15) is 4.79 Å². The molecular weight excluding hydrogens is 430 g/mol. The van der Waals surface area contributed by atoms with Crippen LogP contribution in [0.25, 0.3) is 11.2 Å². The summed E-state index contributed by atoms with van der Waals surface area (Å²) in [6.45, 7) is 4.77. The van der Waals surface area contributed by atoms with E-state index in [0.29, 0.717) is 54.8 Å². The Bertz CT molecular complexity index is 1330. The van der Waals surface area contributed by atoms with Crippen molar-refractivity contribution in [2.24, 2.45) is 5.10 Å². The first-order chi connectivity index (χ1) is 16.7. The molecule has 0 bridgehead atoms. The molecule has 0 spiro atoms. The number of morpholine rings is 1. The van der Waals surface area contributed by atoms with Crippen molar-refractivity contribution in [1.82, 2.24) is 19.5 Å². The number of nitrogens with zero attached hydrogens (tertiary/aromatic N) is 6. The van der Waals surface area contributed by atoms with Crippen molar-refractivity contribution < 1.29 is 9.53 Å². The predicted molar refractivity (Wildman–Crippen MR) is 132 cm³/mol. The lowest BCUT2D eigenvalue weighted by Crippen LogP contribution is -2.37. The number of hydrazone groups is 1. The SMILES string of the molecule is Cc1cccc(/C=N/Nc2nc(N3CCOCC3)nc3c2ncn3CC(=O)c2ccccc2)c1. The molecule has 34 heavy (non-hydrogen) atoms. The maximum absolute atomic E-state index is 12.8. The summed E-state index contributed by atoms with van der Waals surface area (Å²) >= 11 is 0. The Morgan fingerprint density at radius 2 is 1.94 bits per heavy atom. The zero-order valence-corrected chi connectivity index (χ0v) is 18.9. The molecule has 0 aliphatic carbocycles. The van der Waals surface area contributed by atoms with E-state index >= 15 is 0 Å². The molecule has 5 rings (SSSR count). The summed E-state index contributed by atoms with van der Waals surface area (Å²) in [5.74, 6) is 1.03. The Balaban J connectivity index is 1.48. The first-order valence-corrected chi connectivity index (χ1v) is 11.2. The molecule has 1 N–H and O–H groups in total. The molecule has 0 atom stereocenters. The predicted octanol–water partition coefficient (Wildman–Crippen LogP) is 3.30. The number of ether oxygens (including phenoxy) is 1. The first-order valence-electron chi connectivity index (χ1n) is 11.2. The number of nitrogens with one attached hydrogen (secondary N) is 1. The number of aromatic nitrogens is 4. The molecule has 9 heteroatoms. The molecule has 3 heterocycles. The summed E-state index contributed by atoms with van der Waals surface area (Å²) in [6.07, 6.45) is 3.37. The van der Waals surface area contributed by atoms with Gasteiger partial charge in [-0.15, -0.1) is 0 Å². The molecule has 2 aromatic carbocycles. The number of Topliss-reactive ketones (excluding diaryl/α,β-unsaturated/α-hetero) is 1. The molecule has 0 amide bonds. The summed E-state index contributed by atoms with van der Waals surface area (Å²) in [5, 5.41) is 4.38. The maximum atomic E-state index is 12.8. The van der Waals surface area contributed by atoms with Crippen LogP contribution in [0.15, 0.2) is 66.0 Å². The number of hydrogen-bond donors (Lipinski definition) is 1. The Morgan fingerprint density at radius 3 is 2.74 bits per heavy atom. The van der Waals surface area contributed by atoms with E-state index in [1.807, 2.05) is 61.5 Å². The highest BCUT2D eigenvalue weighted by Crippen LogP contribution is 2.23. The van der Waals surface area contributed by atoms with Gasteiger partial charge in [0.05, 0.1) is 32.3 Å². The monoisotopic (exact) mass is 455 g/mol.